The topological polar surface area (TPSA) is 0 Å². The predicted octanol–water partition coefficient (Wildman–Crippen LogP) is 2.46. The average molecular weight is 232 g/mol. The normalized spacial score (nSPS) is 46.3. The Labute approximate surface area is 58.7 Å². The van der Waals surface area contributed by atoms with Crippen LogP contribution in [0.5, 0.6) is 0 Å². The molecule has 0 spiro atoms. The van der Waals surface area contributed by atoms with E-state index >= 15 is 0 Å². The lowest BCUT2D eigenvalue weighted by Crippen LogP contribution is -1.84. The standard InChI is InChI=1S/C4H5Br2F/c1-2-3(7)4(2,5)6/h2-3H,1H3. The van der Waals surface area contributed by atoms with Crippen molar-refractivity contribution >= 4 is 31.9 Å². The van der Waals surface area contributed by atoms with Gasteiger partial charge in [0.05, 0.1) is 0 Å². The summed E-state index contributed by atoms with van der Waals surface area (Å²) < 4.78 is 11.8. The van der Waals surface area contributed by atoms with Crippen molar-refractivity contribution < 1.29 is 4.39 Å². The van der Waals surface area contributed by atoms with Crippen LogP contribution in [0.3, 0.4) is 0 Å². The van der Waals surface area contributed by atoms with Crippen LogP contribution in [0, 0.1) is 5.92 Å². The van der Waals surface area contributed by atoms with Crippen molar-refractivity contribution in [3.63, 3.8) is 0 Å². The van der Waals surface area contributed by atoms with Gasteiger partial charge in [-0.25, -0.2) is 4.39 Å². The predicted molar refractivity (Wildman–Crippen MR) is 34.6 cm³/mol. The smallest absolute Gasteiger partial charge is 0.130 e. The number of alkyl halides is 3. The highest BCUT2D eigenvalue weighted by atomic mass is 79.9. The van der Waals surface area contributed by atoms with Crippen LogP contribution in [0.25, 0.3) is 0 Å². The third-order valence-corrected chi connectivity index (χ3v) is 3.62. The lowest BCUT2D eigenvalue weighted by Gasteiger charge is -1.86. The van der Waals surface area contributed by atoms with Crippen LogP contribution >= 0.6 is 31.9 Å². The lowest BCUT2D eigenvalue weighted by molar-refractivity contribution is 0.454. The van der Waals surface area contributed by atoms with E-state index in [1.54, 1.807) is 0 Å². The SMILES string of the molecule is CC1C(F)C1(Br)Br. The van der Waals surface area contributed by atoms with E-state index in [0.717, 1.165) is 0 Å². The third-order valence-electron chi connectivity index (χ3n) is 1.30. The molecule has 0 aromatic carbocycles. The molecule has 0 radical (unpaired) electrons. The first-order valence-electron chi connectivity index (χ1n) is 2.08. The molecule has 0 bridgehead atoms. The molecule has 42 valence electrons. The summed E-state index contributed by atoms with van der Waals surface area (Å²) in [4.78, 5) is 0. The minimum Gasteiger partial charge on any atom is -0.245 e. The largest absolute Gasteiger partial charge is 0.245 e. The molecule has 7 heavy (non-hydrogen) atoms. The highest BCUT2D eigenvalue weighted by molar-refractivity contribution is 9.25. The van der Waals surface area contributed by atoms with Gasteiger partial charge < -0.3 is 0 Å². The fourth-order valence-corrected chi connectivity index (χ4v) is 1.43. The molecule has 1 rings (SSSR count). The van der Waals surface area contributed by atoms with E-state index in [9.17, 15) is 4.39 Å². The monoisotopic (exact) mass is 230 g/mol. The van der Waals surface area contributed by atoms with Crippen LogP contribution in [-0.4, -0.2) is 9.41 Å². The second-order valence-electron chi connectivity index (χ2n) is 1.86. The Morgan fingerprint density at radius 2 is 1.71 bits per heavy atom. The third kappa shape index (κ3) is 0.743. The summed E-state index contributed by atoms with van der Waals surface area (Å²) in [5.74, 6) is 0.132. The van der Waals surface area contributed by atoms with Crippen LogP contribution in [0.1, 0.15) is 6.92 Å². The summed E-state index contributed by atoms with van der Waals surface area (Å²) >= 11 is 6.32. The molecule has 3 heteroatoms. The molecule has 2 atom stereocenters. The molecule has 1 saturated carbocycles. The Kier molecular flexibility index (Phi) is 1.24. The van der Waals surface area contributed by atoms with Gasteiger partial charge >= 0.3 is 0 Å². The Balaban J connectivity index is 2.52. The van der Waals surface area contributed by atoms with Crippen molar-refractivity contribution in [2.45, 2.75) is 16.3 Å². The molecular weight excluding hydrogens is 227 g/mol. The second kappa shape index (κ2) is 1.44. The average Bonchev–Trinajstić information content (AvgIpc) is 1.91. The van der Waals surface area contributed by atoms with Gasteiger partial charge in [0.15, 0.2) is 0 Å². The van der Waals surface area contributed by atoms with Crippen LogP contribution < -0.4 is 0 Å². The van der Waals surface area contributed by atoms with Gasteiger partial charge in [-0.05, 0) is 0 Å². The van der Waals surface area contributed by atoms with Gasteiger partial charge in [0, 0.05) is 5.92 Å². The molecule has 1 aliphatic carbocycles. The van der Waals surface area contributed by atoms with Gasteiger partial charge in [0.25, 0.3) is 0 Å². The summed E-state index contributed by atoms with van der Waals surface area (Å²) in [6.45, 7) is 1.86. The fourth-order valence-electron chi connectivity index (χ4n) is 0.432. The van der Waals surface area contributed by atoms with Gasteiger partial charge in [0.1, 0.15) is 9.41 Å². The van der Waals surface area contributed by atoms with Crippen molar-refractivity contribution in [3.05, 3.63) is 0 Å². The summed E-state index contributed by atoms with van der Waals surface area (Å²) in [5.41, 5.74) is 0. The van der Waals surface area contributed by atoms with E-state index in [1.165, 1.54) is 0 Å². The minimum atomic E-state index is -0.701. The molecule has 0 aromatic heterocycles. The molecule has 0 amide bonds. The highest BCUT2D eigenvalue weighted by Crippen LogP contribution is 2.58. The highest BCUT2D eigenvalue weighted by Gasteiger charge is 2.60. The van der Waals surface area contributed by atoms with E-state index in [4.69, 9.17) is 0 Å². The van der Waals surface area contributed by atoms with Gasteiger partial charge in [0.2, 0.25) is 0 Å². The quantitative estimate of drug-likeness (QED) is 0.562. The van der Waals surface area contributed by atoms with E-state index in [0.29, 0.717) is 0 Å². The van der Waals surface area contributed by atoms with Crippen LogP contribution in [0.4, 0.5) is 4.39 Å². The van der Waals surface area contributed by atoms with Gasteiger partial charge in [-0.3, -0.25) is 0 Å². The molecular formula is C4H5Br2F. The summed E-state index contributed by atoms with van der Waals surface area (Å²) in [5, 5.41) is 0. The molecule has 1 aliphatic rings. The summed E-state index contributed by atoms with van der Waals surface area (Å²) in [6, 6.07) is 0. The van der Waals surface area contributed by atoms with Gasteiger partial charge in [-0.1, -0.05) is 38.8 Å². The van der Waals surface area contributed by atoms with Crippen molar-refractivity contribution in [3.8, 4) is 0 Å². The fraction of sp³-hybridized carbons (Fsp3) is 1.00. The van der Waals surface area contributed by atoms with Crippen molar-refractivity contribution in [1.82, 2.24) is 0 Å². The maximum Gasteiger partial charge on any atom is 0.130 e. The van der Waals surface area contributed by atoms with Crippen LogP contribution in [-0.2, 0) is 0 Å². The van der Waals surface area contributed by atoms with E-state index in [2.05, 4.69) is 31.9 Å². The van der Waals surface area contributed by atoms with Crippen LogP contribution in [0.15, 0.2) is 0 Å². The number of hydrogen-bond donors (Lipinski definition) is 0. The first kappa shape index (κ1) is 6.02. The Bertz CT molecular complexity index is 81.7. The van der Waals surface area contributed by atoms with Gasteiger partial charge in [-0.2, -0.15) is 0 Å². The van der Waals surface area contributed by atoms with E-state index in [-0.39, 0.29) is 9.15 Å². The van der Waals surface area contributed by atoms with Crippen LogP contribution in [0.2, 0.25) is 0 Å². The Morgan fingerprint density at radius 1 is 1.57 bits per heavy atom. The first-order valence-corrected chi connectivity index (χ1v) is 3.67. The number of rotatable bonds is 0. The zero-order valence-corrected chi connectivity index (χ0v) is 6.96. The Hall–Kier alpha value is 0.890. The molecule has 0 saturated heterocycles. The zero-order chi connectivity index (χ0) is 5.65. The molecule has 0 N–H and O–H groups in total. The molecule has 0 aliphatic heterocycles. The maximum absolute atomic E-state index is 12.2. The first-order chi connectivity index (χ1) is 3.07. The maximum atomic E-state index is 12.2. The molecule has 2 unspecified atom stereocenters. The Morgan fingerprint density at radius 3 is 1.71 bits per heavy atom. The van der Waals surface area contributed by atoms with E-state index in [1.807, 2.05) is 6.92 Å². The number of hydrogen-bond acceptors (Lipinski definition) is 0. The lowest BCUT2D eigenvalue weighted by atomic mass is 10.5. The van der Waals surface area contributed by atoms with Gasteiger partial charge in [-0.15, -0.1) is 0 Å². The summed E-state index contributed by atoms with van der Waals surface area (Å²) in [6.07, 6.45) is -0.701. The van der Waals surface area contributed by atoms with Crippen molar-refractivity contribution in [1.29, 1.82) is 0 Å². The van der Waals surface area contributed by atoms with Crippen molar-refractivity contribution in [2.24, 2.45) is 5.92 Å². The minimum absolute atomic E-state index is 0.132. The molecule has 1 fully saturated rings. The second-order valence-corrected chi connectivity index (χ2v) is 5.55. The zero-order valence-electron chi connectivity index (χ0n) is 3.79. The molecule has 0 aromatic rings. The molecule has 0 nitrogen and oxygen atoms in total. The van der Waals surface area contributed by atoms with E-state index < -0.39 is 6.17 Å². The summed E-state index contributed by atoms with van der Waals surface area (Å²) in [7, 11) is 0. The number of halogens is 3. The van der Waals surface area contributed by atoms with Crippen molar-refractivity contribution in [2.75, 3.05) is 0 Å². The molecule has 0 heterocycles.